The number of fused-ring (bicyclic) bond motifs is 5. The molecule has 2 aromatic heterocycles. The summed E-state index contributed by atoms with van der Waals surface area (Å²) >= 11 is 0. The summed E-state index contributed by atoms with van der Waals surface area (Å²) in [5.74, 6) is -0.712. The van der Waals surface area contributed by atoms with Gasteiger partial charge in [0.2, 0.25) is 5.91 Å². The van der Waals surface area contributed by atoms with Gasteiger partial charge in [0.05, 0.1) is 0 Å². The van der Waals surface area contributed by atoms with Crippen LogP contribution in [0.5, 0.6) is 0 Å². The smallest absolute Gasteiger partial charge is 0.325 e. The third-order valence-corrected chi connectivity index (χ3v) is 6.91. The molecule has 5 rings (SSSR count). The van der Waals surface area contributed by atoms with Crippen LogP contribution >= 0.6 is 0 Å². The molecule has 1 amide bonds. The second-order valence-corrected chi connectivity index (χ2v) is 9.54. The summed E-state index contributed by atoms with van der Waals surface area (Å²) in [6.07, 6.45) is 2.74. The molecule has 0 saturated carbocycles. The van der Waals surface area contributed by atoms with Crippen LogP contribution < -0.4 is 10.9 Å². The molecule has 8 heteroatoms. The van der Waals surface area contributed by atoms with Crippen molar-refractivity contribution in [1.29, 1.82) is 0 Å². The topological polar surface area (TPSA) is 107 Å². The number of pyridine rings is 1. The van der Waals surface area contributed by atoms with E-state index in [-0.39, 0.29) is 29.2 Å². The Morgan fingerprint density at radius 1 is 1.15 bits per heavy atom. The lowest BCUT2D eigenvalue weighted by Crippen LogP contribution is -2.49. The first-order valence-corrected chi connectivity index (χ1v) is 11.4. The van der Waals surface area contributed by atoms with Crippen molar-refractivity contribution in [3.8, 4) is 0 Å². The van der Waals surface area contributed by atoms with Crippen molar-refractivity contribution in [2.45, 2.75) is 38.8 Å². The number of H-pyrrole nitrogens is 1. The highest BCUT2D eigenvalue weighted by Gasteiger charge is 2.40. The first-order chi connectivity index (χ1) is 15.8. The van der Waals surface area contributed by atoms with E-state index in [4.69, 9.17) is 0 Å². The molecule has 8 nitrogen and oxygen atoms in total. The Morgan fingerprint density at radius 3 is 2.73 bits per heavy atom. The molecule has 1 aromatic carbocycles. The fourth-order valence-corrected chi connectivity index (χ4v) is 5.37. The molecule has 172 valence electrons. The number of aromatic nitrogens is 2. The van der Waals surface area contributed by atoms with Crippen LogP contribution in [0.2, 0.25) is 0 Å². The molecule has 2 aliphatic heterocycles. The van der Waals surface area contributed by atoms with Gasteiger partial charge in [-0.25, -0.2) is 0 Å². The van der Waals surface area contributed by atoms with Crippen LogP contribution in [0.1, 0.15) is 43.5 Å². The van der Waals surface area contributed by atoms with Gasteiger partial charge in [0.25, 0.3) is 5.56 Å². The maximum Gasteiger partial charge on any atom is 0.325 e. The minimum atomic E-state index is -0.890. The summed E-state index contributed by atoms with van der Waals surface area (Å²) < 4.78 is 1.85. The van der Waals surface area contributed by atoms with Gasteiger partial charge in [0, 0.05) is 71.6 Å². The molecule has 0 unspecified atom stereocenters. The number of carbonyl (C=O) groups is 2. The molecule has 2 aliphatic rings. The number of amides is 1. The maximum absolute atomic E-state index is 12.5. The molecule has 1 saturated heterocycles. The zero-order valence-electron chi connectivity index (χ0n) is 18.7. The Kier molecular flexibility index (Phi) is 5.32. The van der Waals surface area contributed by atoms with Crippen LogP contribution in [0.3, 0.4) is 0 Å². The van der Waals surface area contributed by atoms with Crippen molar-refractivity contribution in [3.63, 3.8) is 0 Å². The van der Waals surface area contributed by atoms with E-state index >= 15 is 0 Å². The Labute approximate surface area is 191 Å². The number of aliphatic carboxylic acids is 1. The third-order valence-electron chi connectivity index (χ3n) is 6.91. The van der Waals surface area contributed by atoms with Gasteiger partial charge < -0.3 is 20.0 Å². The van der Waals surface area contributed by atoms with Crippen molar-refractivity contribution in [3.05, 3.63) is 64.2 Å². The van der Waals surface area contributed by atoms with Crippen molar-refractivity contribution in [1.82, 2.24) is 14.5 Å². The molecule has 3 aromatic rings. The van der Waals surface area contributed by atoms with E-state index in [0.717, 1.165) is 23.0 Å². The van der Waals surface area contributed by atoms with Crippen LogP contribution in [0.4, 0.5) is 5.69 Å². The number of anilines is 1. The van der Waals surface area contributed by atoms with Crippen molar-refractivity contribution >= 4 is 28.5 Å². The molecular weight excluding hydrogens is 420 g/mol. The number of hydrogen-bond donors (Lipinski definition) is 3. The summed E-state index contributed by atoms with van der Waals surface area (Å²) in [7, 11) is 0. The zero-order chi connectivity index (χ0) is 23.3. The van der Waals surface area contributed by atoms with Crippen LogP contribution in [0.15, 0.2) is 47.4 Å². The predicted molar refractivity (Wildman–Crippen MR) is 125 cm³/mol. The molecule has 0 radical (unpaired) electrons. The maximum atomic E-state index is 12.5. The van der Waals surface area contributed by atoms with Gasteiger partial charge in [0.1, 0.15) is 6.04 Å². The fraction of sp³-hybridized carbons (Fsp3) is 0.400. The van der Waals surface area contributed by atoms with Crippen LogP contribution in [-0.4, -0.2) is 44.5 Å². The van der Waals surface area contributed by atoms with E-state index in [1.165, 1.54) is 0 Å². The van der Waals surface area contributed by atoms with E-state index in [1.807, 2.05) is 47.6 Å². The van der Waals surface area contributed by atoms with Gasteiger partial charge in [-0.1, -0.05) is 26.0 Å². The normalized spacial score (nSPS) is 21.1. The van der Waals surface area contributed by atoms with Crippen molar-refractivity contribution in [2.75, 3.05) is 18.4 Å². The van der Waals surface area contributed by atoms with Crippen LogP contribution in [-0.2, 0) is 16.1 Å². The van der Waals surface area contributed by atoms with Gasteiger partial charge in [-0.2, -0.15) is 0 Å². The second-order valence-electron chi connectivity index (χ2n) is 9.54. The Morgan fingerprint density at radius 2 is 1.97 bits per heavy atom. The second kappa shape index (κ2) is 8.19. The van der Waals surface area contributed by atoms with Gasteiger partial charge in [0.15, 0.2) is 0 Å². The number of carboxylic acids is 1. The van der Waals surface area contributed by atoms with E-state index in [0.29, 0.717) is 30.9 Å². The summed E-state index contributed by atoms with van der Waals surface area (Å²) in [5.41, 5.74) is 3.19. The largest absolute Gasteiger partial charge is 0.480 e. The zero-order valence-corrected chi connectivity index (χ0v) is 18.7. The molecule has 33 heavy (non-hydrogen) atoms. The number of rotatable bonds is 5. The standard InChI is InChI=1S/C25H28N4O4/c1-14(2)24(31)27-17-6-7-18-19(10-26-20(18)9-17)23(25(32)33)28-11-15-8-16(13-28)21-4-3-5-22(30)29(21)12-15/h3-7,9-10,14-16,23,26H,8,11-13H2,1-2H3,(H,27,31)(H,32,33)/t15-,16-,23-/m1/s1. The quantitative estimate of drug-likeness (QED) is 0.556. The minimum absolute atomic E-state index is 0.0161. The van der Waals surface area contributed by atoms with E-state index < -0.39 is 12.0 Å². The number of likely N-dealkylation sites (tertiary alicyclic amines) is 1. The number of nitrogens with zero attached hydrogens (tertiary/aromatic N) is 2. The number of aromatic amines is 1. The molecular formula is C25H28N4O4. The molecule has 1 fully saturated rings. The third kappa shape index (κ3) is 3.84. The Bertz CT molecular complexity index is 1290. The number of hydrogen-bond acceptors (Lipinski definition) is 4. The van der Waals surface area contributed by atoms with Crippen LogP contribution in [0, 0.1) is 11.8 Å². The monoisotopic (exact) mass is 448 g/mol. The van der Waals surface area contributed by atoms with Gasteiger partial charge in [-0.05, 0) is 30.5 Å². The first-order valence-electron chi connectivity index (χ1n) is 11.4. The highest BCUT2D eigenvalue weighted by atomic mass is 16.4. The lowest BCUT2D eigenvalue weighted by molar-refractivity contribution is -0.144. The summed E-state index contributed by atoms with van der Waals surface area (Å²) in [6, 6.07) is 10.1. The van der Waals surface area contributed by atoms with Crippen molar-refractivity contribution in [2.24, 2.45) is 11.8 Å². The SMILES string of the molecule is CC(C)C(=O)Nc1ccc2c([C@H](C(=O)O)N3C[C@H]4C[C@H](C3)c3cccc(=O)n3C4)c[nH]c2c1. The molecule has 0 aliphatic carbocycles. The lowest BCUT2D eigenvalue weighted by atomic mass is 9.82. The Balaban J connectivity index is 1.46. The summed E-state index contributed by atoms with van der Waals surface area (Å²) in [5, 5.41) is 13.9. The van der Waals surface area contributed by atoms with E-state index in [9.17, 15) is 19.5 Å². The number of carboxylic acid groups (broad SMARTS) is 1. The average molecular weight is 449 g/mol. The molecule has 4 heterocycles. The number of carbonyl (C=O) groups excluding carboxylic acids is 1. The van der Waals surface area contributed by atoms with E-state index in [2.05, 4.69) is 10.3 Å². The number of benzene rings is 1. The Hall–Kier alpha value is -3.39. The van der Waals surface area contributed by atoms with Crippen LogP contribution in [0.25, 0.3) is 10.9 Å². The fourth-order valence-electron chi connectivity index (χ4n) is 5.37. The molecule has 3 atom stereocenters. The number of piperidine rings is 1. The number of nitrogens with one attached hydrogen (secondary N) is 2. The lowest BCUT2D eigenvalue weighted by Gasteiger charge is -2.44. The van der Waals surface area contributed by atoms with Gasteiger partial charge in [-0.15, -0.1) is 0 Å². The highest BCUT2D eigenvalue weighted by molar-refractivity contribution is 5.96. The first kappa shape index (κ1) is 21.5. The van der Waals surface area contributed by atoms with Crippen molar-refractivity contribution < 1.29 is 14.7 Å². The van der Waals surface area contributed by atoms with E-state index in [1.54, 1.807) is 18.3 Å². The summed E-state index contributed by atoms with van der Waals surface area (Å²) in [6.45, 7) is 5.51. The predicted octanol–water partition coefficient (Wildman–Crippen LogP) is 3.17. The molecule has 2 bridgehead atoms. The molecule has 0 spiro atoms. The average Bonchev–Trinajstić information content (AvgIpc) is 3.17. The summed E-state index contributed by atoms with van der Waals surface area (Å²) in [4.78, 5) is 42.1. The minimum Gasteiger partial charge on any atom is -0.480 e. The van der Waals surface area contributed by atoms with Gasteiger partial charge >= 0.3 is 5.97 Å². The highest BCUT2D eigenvalue weighted by Crippen LogP contribution is 2.39. The molecule has 3 N–H and O–H groups in total. The van der Waals surface area contributed by atoms with Gasteiger partial charge in [-0.3, -0.25) is 19.3 Å².